The van der Waals surface area contributed by atoms with E-state index in [0.717, 1.165) is 23.5 Å². The summed E-state index contributed by atoms with van der Waals surface area (Å²) in [6.45, 7) is 8.04. The van der Waals surface area contributed by atoms with Crippen LogP contribution in [0.5, 0.6) is 11.5 Å². The minimum Gasteiger partial charge on any atom is -0.493 e. The molecule has 0 aliphatic carbocycles. The number of hydrogen-bond acceptors (Lipinski definition) is 4. The lowest BCUT2D eigenvalue weighted by molar-refractivity contribution is -0.124. The molecule has 0 spiro atoms. The molecule has 0 saturated carbocycles. The van der Waals surface area contributed by atoms with Crippen molar-refractivity contribution < 1.29 is 14.3 Å². The van der Waals surface area contributed by atoms with E-state index in [4.69, 9.17) is 9.47 Å². The third kappa shape index (κ3) is 4.40. The molecule has 1 fully saturated rings. The Morgan fingerprint density at radius 1 is 1.06 bits per heavy atom. The number of benzene rings is 2. The van der Waals surface area contributed by atoms with Crippen LogP contribution in [0.15, 0.2) is 48.5 Å². The van der Waals surface area contributed by atoms with E-state index in [1.54, 1.807) is 7.11 Å². The first-order valence-electron chi connectivity index (χ1n) is 12.6. The second-order valence-electron chi connectivity index (χ2n) is 9.86. The first-order valence-corrected chi connectivity index (χ1v) is 12.6. The van der Waals surface area contributed by atoms with E-state index in [1.807, 2.05) is 18.2 Å². The van der Waals surface area contributed by atoms with Crippen molar-refractivity contribution in [2.75, 3.05) is 25.2 Å². The summed E-state index contributed by atoms with van der Waals surface area (Å²) < 4.78 is 11.6. The second-order valence-corrected chi connectivity index (χ2v) is 9.86. The zero-order chi connectivity index (χ0) is 24.2. The van der Waals surface area contributed by atoms with E-state index in [9.17, 15) is 4.79 Å². The number of fused-ring (bicyclic) bond motifs is 3. The maximum Gasteiger partial charge on any atom is 0.223 e. The first kappa shape index (κ1) is 24.2. The zero-order valence-corrected chi connectivity index (χ0v) is 21.0. The summed E-state index contributed by atoms with van der Waals surface area (Å²) in [5.41, 5.74) is 2.54. The number of anilines is 1. The van der Waals surface area contributed by atoms with Crippen LogP contribution in [0.1, 0.15) is 70.4 Å². The van der Waals surface area contributed by atoms with Crippen molar-refractivity contribution in [3.8, 4) is 11.5 Å². The van der Waals surface area contributed by atoms with Gasteiger partial charge in [-0.2, -0.15) is 0 Å². The van der Waals surface area contributed by atoms with Crippen molar-refractivity contribution in [1.29, 1.82) is 0 Å². The predicted octanol–water partition coefficient (Wildman–Crippen LogP) is 6.07. The Balaban J connectivity index is 1.55. The molecule has 34 heavy (non-hydrogen) atoms. The van der Waals surface area contributed by atoms with E-state index < -0.39 is 5.66 Å². The summed E-state index contributed by atoms with van der Waals surface area (Å²) in [6, 6.07) is 14.5. The van der Waals surface area contributed by atoms with Gasteiger partial charge in [-0.25, -0.2) is 0 Å². The molecular formula is C29H38N2O3. The number of nitrogens with one attached hydrogen (secondary N) is 1. The fourth-order valence-corrected chi connectivity index (χ4v) is 5.33. The van der Waals surface area contributed by atoms with Gasteiger partial charge in [-0.1, -0.05) is 76.8 Å². The highest BCUT2D eigenvalue weighted by atomic mass is 16.5. The molecule has 2 aromatic carbocycles. The number of para-hydroxylation sites is 1. The number of amides is 1. The van der Waals surface area contributed by atoms with Crippen LogP contribution in [0.2, 0.25) is 0 Å². The molecule has 1 saturated heterocycles. The topological polar surface area (TPSA) is 50.8 Å². The standard InChI is InChI=1S/C29H38N2O3/c1-5-6-7-8-11-20-34-25-15-14-22(21-26(25)33-4)16-18-29-28(2,3)23-12-9-10-13-24(23)31(29)19-17-27(32)30-29/h9-10,12-16,18,21H,5-8,11,17,19-20H2,1-4H3,(H,30,32). The van der Waals surface area contributed by atoms with E-state index in [2.05, 4.69) is 67.4 Å². The van der Waals surface area contributed by atoms with Crippen LogP contribution in [0, 0.1) is 0 Å². The van der Waals surface area contributed by atoms with Crippen LogP contribution in [0.25, 0.3) is 6.08 Å². The number of carbonyl (C=O) groups is 1. The van der Waals surface area contributed by atoms with Gasteiger partial charge in [0.05, 0.1) is 13.7 Å². The molecule has 4 rings (SSSR count). The Labute approximate surface area is 204 Å². The molecule has 0 radical (unpaired) electrons. The zero-order valence-electron chi connectivity index (χ0n) is 21.0. The predicted molar refractivity (Wildman–Crippen MR) is 139 cm³/mol. The van der Waals surface area contributed by atoms with E-state index in [1.165, 1.54) is 36.9 Å². The summed E-state index contributed by atoms with van der Waals surface area (Å²) >= 11 is 0. The molecule has 1 amide bonds. The second kappa shape index (κ2) is 10.1. The number of carbonyl (C=O) groups excluding carboxylic acids is 1. The lowest BCUT2D eigenvalue weighted by Crippen LogP contribution is -2.68. The number of nitrogens with zero attached hydrogens (tertiary/aromatic N) is 1. The maximum absolute atomic E-state index is 12.6. The Morgan fingerprint density at radius 2 is 1.85 bits per heavy atom. The maximum atomic E-state index is 12.6. The number of methoxy groups -OCH3 is 1. The number of unbranched alkanes of at least 4 members (excludes halogenated alkanes) is 4. The van der Waals surface area contributed by atoms with Crippen molar-refractivity contribution in [2.24, 2.45) is 0 Å². The molecule has 5 heteroatoms. The number of ether oxygens (including phenoxy) is 2. The third-order valence-electron chi connectivity index (χ3n) is 7.35. The van der Waals surface area contributed by atoms with Gasteiger partial charge in [0.15, 0.2) is 11.5 Å². The molecule has 5 nitrogen and oxygen atoms in total. The van der Waals surface area contributed by atoms with Crippen molar-refractivity contribution in [3.63, 3.8) is 0 Å². The Hall–Kier alpha value is -2.95. The van der Waals surface area contributed by atoms with Crippen LogP contribution in [0.4, 0.5) is 5.69 Å². The van der Waals surface area contributed by atoms with Crippen molar-refractivity contribution >= 4 is 17.7 Å². The van der Waals surface area contributed by atoms with E-state index in [-0.39, 0.29) is 11.3 Å². The summed E-state index contributed by atoms with van der Waals surface area (Å²) in [5.74, 6) is 1.59. The van der Waals surface area contributed by atoms with Gasteiger partial charge in [-0.15, -0.1) is 0 Å². The third-order valence-corrected chi connectivity index (χ3v) is 7.35. The summed E-state index contributed by atoms with van der Waals surface area (Å²) in [5, 5.41) is 3.33. The monoisotopic (exact) mass is 462 g/mol. The normalized spacial score (nSPS) is 20.7. The molecule has 2 aliphatic rings. The first-order chi connectivity index (χ1) is 16.4. The number of hydrogen-bond donors (Lipinski definition) is 1. The molecule has 2 aromatic rings. The fraction of sp³-hybridized carbons (Fsp3) is 0.483. The van der Waals surface area contributed by atoms with Crippen LogP contribution in [-0.4, -0.2) is 31.8 Å². The van der Waals surface area contributed by atoms with Crippen molar-refractivity contribution in [3.05, 3.63) is 59.7 Å². The molecule has 2 heterocycles. The van der Waals surface area contributed by atoms with Gasteiger partial charge in [-0.3, -0.25) is 4.79 Å². The van der Waals surface area contributed by atoms with Gasteiger partial charge in [0.25, 0.3) is 0 Å². The quantitative estimate of drug-likeness (QED) is 0.435. The van der Waals surface area contributed by atoms with Gasteiger partial charge in [0, 0.05) is 24.1 Å². The fourth-order valence-electron chi connectivity index (χ4n) is 5.33. The van der Waals surface area contributed by atoms with Crippen LogP contribution in [0.3, 0.4) is 0 Å². The molecule has 0 aromatic heterocycles. The number of rotatable bonds is 10. The highest BCUT2D eigenvalue weighted by molar-refractivity contribution is 5.84. The Morgan fingerprint density at radius 3 is 2.65 bits per heavy atom. The minimum atomic E-state index is -0.618. The highest BCUT2D eigenvalue weighted by Crippen LogP contribution is 2.52. The molecule has 1 atom stereocenters. The van der Waals surface area contributed by atoms with Crippen molar-refractivity contribution in [2.45, 2.75) is 70.4 Å². The van der Waals surface area contributed by atoms with Crippen LogP contribution < -0.4 is 19.7 Å². The average Bonchev–Trinajstić information content (AvgIpc) is 3.04. The molecule has 1 N–H and O–H groups in total. The molecular weight excluding hydrogens is 424 g/mol. The van der Waals surface area contributed by atoms with Gasteiger partial charge >= 0.3 is 0 Å². The average molecular weight is 463 g/mol. The molecule has 2 aliphatic heterocycles. The lowest BCUT2D eigenvalue weighted by atomic mass is 9.74. The van der Waals surface area contributed by atoms with Gasteiger partial charge in [0.2, 0.25) is 5.91 Å². The summed E-state index contributed by atoms with van der Waals surface area (Å²) in [4.78, 5) is 14.9. The molecule has 0 bridgehead atoms. The van der Waals surface area contributed by atoms with E-state index in [0.29, 0.717) is 19.6 Å². The summed E-state index contributed by atoms with van der Waals surface area (Å²) in [7, 11) is 1.68. The highest BCUT2D eigenvalue weighted by Gasteiger charge is 2.57. The lowest BCUT2D eigenvalue weighted by Gasteiger charge is -2.49. The van der Waals surface area contributed by atoms with Crippen molar-refractivity contribution in [1.82, 2.24) is 5.32 Å². The van der Waals surface area contributed by atoms with Gasteiger partial charge in [0.1, 0.15) is 5.66 Å². The Bertz CT molecular complexity index is 1050. The van der Waals surface area contributed by atoms with Gasteiger partial charge in [-0.05, 0) is 41.8 Å². The molecule has 1 unspecified atom stereocenters. The Kier molecular flexibility index (Phi) is 7.20. The van der Waals surface area contributed by atoms with Crippen LogP contribution in [-0.2, 0) is 10.2 Å². The molecule has 182 valence electrons. The summed E-state index contributed by atoms with van der Waals surface area (Å²) in [6.07, 6.45) is 10.8. The minimum absolute atomic E-state index is 0.0852. The SMILES string of the molecule is CCCCCCCOc1ccc(C=CC23NC(=O)CCN2c2ccccc2C3(C)C)cc1OC. The van der Waals surface area contributed by atoms with E-state index >= 15 is 0 Å². The van der Waals surface area contributed by atoms with Gasteiger partial charge < -0.3 is 19.7 Å². The smallest absolute Gasteiger partial charge is 0.223 e. The van der Waals surface area contributed by atoms with Crippen LogP contribution >= 0.6 is 0 Å². The largest absolute Gasteiger partial charge is 0.493 e.